The van der Waals surface area contributed by atoms with Gasteiger partial charge in [0.1, 0.15) is 33.7 Å². The molecule has 0 aliphatic heterocycles. The lowest BCUT2D eigenvalue weighted by atomic mass is 10.1. The van der Waals surface area contributed by atoms with Gasteiger partial charge in [-0.3, -0.25) is 14.4 Å². The zero-order valence-electron chi connectivity index (χ0n) is 28.6. The molecule has 0 saturated heterocycles. The van der Waals surface area contributed by atoms with E-state index in [0.29, 0.717) is 22.0 Å². The van der Waals surface area contributed by atoms with E-state index in [1.165, 1.54) is 68.8 Å². The standard InChI is InChI=1S/C39H28F7N3O5S/c1-53-25-15-18-28(54-2)23(19-25)20-27(48-36(50)22-11-7-4-8-12-22)37(51)47-24-13-16-26(17-14-24)55-35(21-9-5-3-6-10-21)38(52)49-34-32(42)30(40)29(39(44,45)46)31(41)33(34)43/h3-20,35H,1-2H3,(H,47,51)(H,48,50)(H,49,52)/b27-20-. The number of carbonyl (C=O) groups excluding carboxylic acids is 3. The van der Waals surface area contributed by atoms with Gasteiger partial charge in [0.25, 0.3) is 11.8 Å². The highest BCUT2D eigenvalue weighted by Gasteiger charge is 2.43. The van der Waals surface area contributed by atoms with Crippen LogP contribution in [0.25, 0.3) is 6.08 Å². The summed E-state index contributed by atoms with van der Waals surface area (Å²) in [6.07, 6.45) is -4.37. The Kier molecular flexibility index (Phi) is 12.5. The first-order chi connectivity index (χ1) is 26.2. The van der Waals surface area contributed by atoms with Crippen molar-refractivity contribution in [2.75, 3.05) is 24.9 Å². The van der Waals surface area contributed by atoms with Gasteiger partial charge in [-0.25, -0.2) is 17.6 Å². The van der Waals surface area contributed by atoms with Gasteiger partial charge >= 0.3 is 6.18 Å². The number of methoxy groups -OCH3 is 2. The predicted octanol–water partition coefficient (Wildman–Crippen LogP) is 9.16. The van der Waals surface area contributed by atoms with Crippen molar-refractivity contribution < 1.29 is 54.6 Å². The average molecular weight is 784 g/mol. The molecule has 5 aromatic carbocycles. The van der Waals surface area contributed by atoms with Gasteiger partial charge in [-0.05, 0) is 66.2 Å². The smallest absolute Gasteiger partial charge is 0.422 e. The van der Waals surface area contributed by atoms with Crippen molar-refractivity contribution in [3.05, 3.63) is 154 Å². The molecule has 3 amide bonds. The zero-order chi connectivity index (χ0) is 39.9. The summed E-state index contributed by atoms with van der Waals surface area (Å²) in [4.78, 5) is 40.5. The number of halogens is 7. The first-order valence-electron chi connectivity index (χ1n) is 15.9. The Bertz CT molecular complexity index is 2210. The molecule has 0 bridgehead atoms. The number of rotatable bonds is 12. The van der Waals surface area contributed by atoms with E-state index in [0.717, 1.165) is 11.8 Å². The van der Waals surface area contributed by atoms with Gasteiger partial charge in [-0.1, -0.05) is 48.5 Å². The fourth-order valence-corrected chi connectivity index (χ4v) is 6.11. The van der Waals surface area contributed by atoms with E-state index in [1.807, 2.05) is 0 Å². The molecule has 284 valence electrons. The third-order valence-electron chi connectivity index (χ3n) is 7.77. The van der Waals surface area contributed by atoms with E-state index >= 15 is 0 Å². The second-order valence-electron chi connectivity index (χ2n) is 11.4. The maximum atomic E-state index is 14.7. The fraction of sp³-hybridized carbons (Fsp3) is 0.103. The van der Waals surface area contributed by atoms with E-state index in [-0.39, 0.29) is 22.5 Å². The van der Waals surface area contributed by atoms with Gasteiger partial charge in [-0.15, -0.1) is 11.8 Å². The quantitative estimate of drug-likeness (QED) is 0.0505. The van der Waals surface area contributed by atoms with Crippen molar-refractivity contribution >= 4 is 46.9 Å². The second kappa shape index (κ2) is 17.2. The highest BCUT2D eigenvalue weighted by Crippen LogP contribution is 2.41. The van der Waals surface area contributed by atoms with Gasteiger partial charge < -0.3 is 25.4 Å². The lowest BCUT2D eigenvalue weighted by Crippen LogP contribution is -2.30. The minimum absolute atomic E-state index is 0.171. The summed E-state index contributed by atoms with van der Waals surface area (Å²) in [6.45, 7) is 0. The van der Waals surface area contributed by atoms with Crippen LogP contribution in [-0.4, -0.2) is 31.9 Å². The summed E-state index contributed by atoms with van der Waals surface area (Å²) in [7, 11) is 2.88. The van der Waals surface area contributed by atoms with Crippen molar-refractivity contribution in [2.24, 2.45) is 0 Å². The normalized spacial score (nSPS) is 12.1. The number of hydrogen-bond donors (Lipinski definition) is 3. The van der Waals surface area contributed by atoms with Crippen molar-refractivity contribution in [3.63, 3.8) is 0 Å². The van der Waals surface area contributed by atoms with Crippen LogP contribution in [0.2, 0.25) is 0 Å². The van der Waals surface area contributed by atoms with E-state index in [2.05, 4.69) is 10.6 Å². The van der Waals surface area contributed by atoms with Crippen molar-refractivity contribution in [3.8, 4) is 11.5 Å². The number of benzene rings is 5. The van der Waals surface area contributed by atoms with Crippen LogP contribution in [0.15, 0.2) is 114 Å². The second-order valence-corrected chi connectivity index (χ2v) is 12.5. The van der Waals surface area contributed by atoms with E-state index in [1.54, 1.807) is 59.9 Å². The molecular weight excluding hydrogens is 755 g/mol. The Hall–Kier alpha value is -6.29. The highest BCUT2D eigenvalue weighted by molar-refractivity contribution is 8.00. The van der Waals surface area contributed by atoms with Gasteiger partial charge in [-0.2, -0.15) is 13.2 Å². The molecule has 3 N–H and O–H groups in total. The van der Waals surface area contributed by atoms with Crippen LogP contribution in [0.1, 0.15) is 32.3 Å². The third kappa shape index (κ3) is 9.45. The molecule has 16 heteroatoms. The Balaban J connectivity index is 1.40. The predicted molar refractivity (Wildman–Crippen MR) is 191 cm³/mol. The van der Waals surface area contributed by atoms with Crippen LogP contribution in [0.4, 0.5) is 42.1 Å². The van der Waals surface area contributed by atoms with Gasteiger partial charge in [0.15, 0.2) is 23.3 Å². The monoisotopic (exact) mass is 783 g/mol. The van der Waals surface area contributed by atoms with Crippen LogP contribution in [-0.2, 0) is 15.8 Å². The van der Waals surface area contributed by atoms with Gasteiger partial charge in [0.05, 0.1) is 14.2 Å². The van der Waals surface area contributed by atoms with E-state index in [9.17, 15) is 45.1 Å². The number of alkyl halides is 3. The molecule has 0 fully saturated rings. The molecule has 0 radical (unpaired) electrons. The highest BCUT2D eigenvalue weighted by atomic mass is 32.2. The molecule has 5 rings (SSSR count). The molecule has 5 aromatic rings. The summed E-state index contributed by atoms with van der Waals surface area (Å²) < 4.78 is 108. The number of amides is 3. The Morgan fingerprint density at radius 1 is 0.727 bits per heavy atom. The van der Waals surface area contributed by atoms with Crippen LogP contribution < -0.4 is 25.4 Å². The molecule has 1 atom stereocenters. The molecular formula is C39H28F7N3O5S. The summed E-state index contributed by atoms with van der Waals surface area (Å²) in [5.74, 6) is -12.0. The largest absolute Gasteiger partial charge is 0.497 e. The van der Waals surface area contributed by atoms with E-state index < -0.39 is 63.7 Å². The van der Waals surface area contributed by atoms with Gasteiger partial charge in [0, 0.05) is 21.7 Å². The summed E-state index contributed by atoms with van der Waals surface area (Å²) in [5.41, 5.74) is -3.52. The molecule has 55 heavy (non-hydrogen) atoms. The Morgan fingerprint density at radius 2 is 1.33 bits per heavy atom. The van der Waals surface area contributed by atoms with Crippen LogP contribution >= 0.6 is 11.8 Å². The van der Waals surface area contributed by atoms with Crippen molar-refractivity contribution in [1.29, 1.82) is 0 Å². The molecule has 0 aliphatic carbocycles. The molecule has 0 heterocycles. The van der Waals surface area contributed by atoms with E-state index in [4.69, 9.17) is 9.47 Å². The fourth-order valence-electron chi connectivity index (χ4n) is 5.08. The lowest BCUT2D eigenvalue weighted by molar-refractivity contribution is -0.143. The zero-order valence-corrected chi connectivity index (χ0v) is 29.4. The van der Waals surface area contributed by atoms with Crippen molar-refractivity contribution in [2.45, 2.75) is 16.3 Å². The minimum atomic E-state index is -5.76. The SMILES string of the molecule is COc1ccc(OC)c(/C=C(\NC(=O)c2ccccc2)C(=O)Nc2ccc(SC(C(=O)Nc3c(F)c(F)c(C(F)(F)F)c(F)c3F)c3ccccc3)cc2)c1. The Labute approximate surface area is 313 Å². The minimum Gasteiger partial charge on any atom is -0.497 e. The average Bonchev–Trinajstić information content (AvgIpc) is 3.18. The molecule has 0 aromatic heterocycles. The number of anilines is 2. The maximum absolute atomic E-state index is 14.7. The number of carbonyl (C=O) groups is 3. The van der Waals surface area contributed by atoms with Crippen LogP contribution in [0.3, 0.4) is 0 Å². The summed E-state index contributed by atoms with van der Waals surface area (Å²) >= 11 is 0.815. The molecule has 1 unspecified atom stereocenters. The summed E-state index contributed by atoms with van der Waals surface area (Å²) in [5, 5.41) is 5.63. The number of ether oxygens (including phenoxy) is 2. The first kappa shape index (κ1) is 39.9. The number of hydrogen-bond acceptors (Lipinski definition) is 6. The van der Waals surface area contributed by atoms with Crippen LogP contribution in [0.5, 0.6) is 11.5 Å². The topological polar surface area (TPSA) is 106 Å². The lowest BCUT2D eigenvalue weighted by Gasteiger charge is -2.19. The molecule has 8 nitrogen and oxygen atoms in total. The molecule has 0 saturated carbocycles. The van der Waals surface area contributed by atoms with Crippen molar-refractivity contribution in [1.82, 2.24) is 5.32 Å². The first-order valence-corrected chi connectivity index (χ1v) is 16.8. The third-order valence-corrected chi connectivity index (χ3v) is 9.03. The molecule has 0 aliphatic rings. The van der Waals surface area contributed by atoms with Crippen LogP contribution in [0, 0.1) is 23.3 Å². The number of thioether (sulfide) groups is 1. The van der Waals surface area contributed by atoms with Gasteiger partial charge in [0.2, 0.25) is 5.91 Å². The summed E-state index contributed by atoms with van der Waals surface area (Å²) in [6, 6.07) is 26.5. The molecule has 0 spiro atoms. The number of nitrogens with one attached hydrogen (secondary N) is 3. The Morgan fingerprint density at radius 3 is 1.89 bits per heavy atom. The maximum Gasteiger partial charge on any atom is 0.422 e.